The molecule has 0 spiro atoms. The van der Waals surface area contributed by atoms with Crippen LogP contribution in [0.1, 0.15) is 65.7 Å². The van der Waals surface area contributed by atoms with Gasteiger partial charge in [0.15, 0.2) is 0 Å². The van der Waals surface area contributed by atoms with Gasteiger partial charge in [0, 0.05) is 24.9 Å². The Morgan fingerprint density at radius 1 is 1.18 bits per heavy atom. The Morgan fingerprint density at radius 2 is 1.76 bits per heavy atom. The van der Waals surface area contributed by atoms with Gasteiger partial charge in [0.2, 0.25) is 0 Å². The van der Waals surface area contributed by atoms with Crippen LogP contribution in [0, 0.1) is 11.3 Å². The summed E-state index contributed by atoms with van der Waals surface area (Å²) in [4.78, 5) is 12.0. The molecule has 2 nitrogen and oxygen atoms in total. The molecule has 2 heterocycles. The number of carbonyl (C=O) groups is 1. The fourth-order valence-electron chi connectivity index (χ4n) is 3.28. The van der Waals surface area contributed by atoms with Gasteiger partial charge >= 0.3 is 0 Å². The van der Waals surface area contributed by atoms with Crippen LogP contribution in [0.5, 0.6) is 0 Å². The van der Waals surface area contributed by atoms with Crippen molar-refractivity contribution in [2.75, 3.05) is 0 Å². The number of fused-ring (bicyclic) bond motifs is 2. The van der Waals surface area contributed by atoms with Crippen molar-refractivity contribution < 1.29 is 4.79 Å². The van der Waals surface area contributed by atoms with E-state index < -0.39 is 0 Å². The minimum absolute atomic E-state index is 0.294. The fourth-order valence-corrected chi connectivity index (χ4v) is 3.28. The second kappa shape index (κ2) is 5.09. The maximum Gasteiger partial charge on any atom is 0.133 e. The van der Waals surface area contributed by atoms with Crippen LogP contribution in [0.2, 0.25) is 0 Å². The number of piperidine rings is 1. The topological polar surface area (TPSA) is 29.1 Å². The van der Waals surface area contributed by atoms with Crippen LogP contribution in [0.25, 0.3) is 0 Å². The van der Waals surface area contributed by atoms with Crippen LogP contribution in [0.3, 0.4) is 0 Å². The van der Waals surface area contributed by atoms with Gasteiger partial charge in [-0.25, -0.2) is 0 Å². The van der Waals surface area contributed by atoms with E-state index in [9.17, 15) is 4.79 Å². The summed E-state index contributed by atoms with van der Waals surface area (Å²) in [5.74, 6) is 1.16. The van der Waals surface area contributed by atoms with Crippen molar-refractivity contribution in [3.8, 4) is 0 Å². The molecule has 2 aliphatic rings. The SMILES string of the molecule is CC(C)(C)CCC(=O)CC1CC2CCC(C1)N2. The molecule has 0 aromatic heterocycles. The van der Waals surface area contributed by atoms with E-state index >= 15 is 0 Å². The first kappa shape index (κ1) is 13.1. The van der Waals surface area contributed by atoms with Crippen molar-refractivity contribution in [2.24, 2.45) is 11.3 Å². The zero-order valence-corrected chi connectivity index (χ0v) is 11.6. The second-order valence-corrected chi connectivity index (χ2v) is 7.28. The van der Waals surface area contributed by atoms with E-state index in [1.165, 1.54) is 25.7 Å². The molecule has 2 rings (SSSR count). The molecule has 2 fully saturated rings. The number of rotatable bonds is 4. The Kier molecular flexibility index (Phi) is 3.92. The highest BCUT2D eigenvalue weighted by Gasteiger charge is 2.34. The lowest BCUT2D eigenvalue weighted by molar-refractivity contribution is -0.120. The summed E-state index contributed by atoms with van der Waals surface area (Å²) in [5.41, 5.74) is 0.294. The molecular weight excluding hydrogens is 210 g/mol. The summed E-state index contributed by atoms with van der Waals surface area (Å²) >= 11 is 0. The average molecular weight is 237 g/mol. The van der Waals surface area contributed by atoms with Crippen LogP contribution < -0.4 is 5.32 Å². The standard InChI is InChI=1S/C15H27NO/c1-15(2,3)7-6-14(17)10-11-8-12-4-5-13(9-11)16-12/h11-13,16H,4-10H2,1-3H3. The quantitative estimate of drug-likeness (QED) is 0.813. The van der Waals surface area contributed by atoms with E-state index in [2.05, 4.69) is 26.1 Å². The minimum Gasteiger partial charge on any atom is -0.311 e. The van der Waals surface area contributed by atoms with E-state index in [0.29, 0.717) is 29.2 Å². The molecule has 0 radical (unpaired) electrons. The molecule has 17 heavy (non-hydrogen) atoms. The van der Waals surface area contributed by atoms with Crippen molar-refractivity contribution >= 4 is 5.78 Å². The van der Waals surface area contributed by atoms with Crippen LogP contribution in [-0.2, 0) is 4.79 Å². The van der Waals surface area contributed by atoms with Crippen molar-refractivity contribution in [1.29, 1.82) is 0 Å². The minimum atomic E-state index is 0.294. The van der Waals surface area contributed by atoms with Gasteiger partial charge in [-0.2, -0.15) is 0 Å². The molecule has 2 heteroatoms. The first-order valence-corrected chi connectivity index (χ1v) is 7.20. The Bertz CT molecular complexity index is 267. The summed E-state index contributed by atoms with van der Waals surface area (Å²) in [6.45, 7) is 6.64. The number of hydrogen-bond acceptors (Lipinski definition) is 2. The summed E-state index contributed by atoms with van der Waals surface area (Å²) in [6.07, 6.45) is 7.78. The Morgan fingerprint density at radius 3 is 2.29 bits per heavy atom. The first-order valence-electron chi connectivity index (χ1n) is 7.20. The highest BCUT2D eigenvalue weighted by atomic mass is 16.1. The van der Waals surface area contributed by atoms with Gasteiger partial charge in [0.1, 0.15) is 5.78 Å². The van der Waals surface area contributed by atoms with Gasteiger partial charge in [0.25, 0.3) is 0 Å². The number of ketones is 1. The van der Waals surface area contributed by atoms with Crippen LogP contribution in [0.15, 0.2) is 0 Å². The zero-order valence-electron chi connectivity index (χ0n) is 11.6. The number of hydrogen-bond donors (Lipinski definition) is 1. The highest BCUT2D eigenvalue weighted by molar-refractivity contribution is 5.78. The van der Waals surface area contributed by atoms with Gasteiger partial charge in [-0.05, 0) is 43.4 Å². The molecule has 0 aliphatic carbocycles. The summed E-state index contributed by atoms with van der Waals surface area (Å²) in [6, 6.07) is 1.43. The first-order chi connectivity index (χ1) is 7.92. The molecule has 98 valence electrons. The van der Waals surface area contributed by atoms with E-state index in [-0.39, 0.29) is 0 Å². The van der Waals surface area contributed by atoms with E-state index in [0.717, 1.165) is 19.3 Å². The van der Waals surface area contributed by atoms with Crippen molar-refractivity contribution in [3.05, 3.63) is 0 Å². The molecule has 1 N–H and O–H groups in total. The molecule has 0 aromatic carbocycles. The fraction of sp³-hybridized carbons (Fsp3) is 0.933. The monoisotopic (exact) mass is 237 g/mol. The third-order valence-corrected chi connectivity index (χ3v) is 4.24. The zero-order chi connectivity index (χ0) is 12.5. The maximum atomic E-state index is 12.0. The van der Waals surface area contributed by atoms with Gasteiger partial charge < -0.3 is 5.32 Å². The maximum absolute atomic E-state index is 12.0. The van der Waals surface area contributed by atoms with Gasteiger partial charge in [0.05, 0.1) is 0 Å². The summed E-state index contributed by atoms with van der Waals surface area (Å²) < 4.78 is 0. The van der Waals surface area contributed by atoms with Crippen molar-refractivity contribution in [3.63, 3.8) is 0 Å². The van der Waals surface area contributed by atoms with Crippen LogP contribution in [-0.4, -0.2) is 17.9 Å². The molecule has 2 saturated heterocycles. The van der Waals surface area contributed by atoms with Crippen LogP contribution >= 0.6 is 0 Å². The summed E-state index contributed by atoms with van der Waals surface area (Å²) in [5, 5.41) is 3.64. The summed E-state index contributed by atoms with van der Waals surface area (Å²) in [7, 11) is 0. The number of carbonyl (C=O) groups excluding carboxylic acids is 1. The van der Waals surface area contributed by atoms with Crippen LogP contribution in [0.4, 0.5) is 0 Å². The number of Topliss-reactive ketones (excluding diaryl/α,β-unsaturated/α-hetero) is 1. The van der Waals surface area contributed by atoms with Crippen molar-refractivity contribution in [1.82, 2.24) is 5.32 Å². The van der Waals surface area contributed by atoms with Gasteiger partial charge in [-0.15, -0.1) is 0 Å². The third-order valence-electron chi connectivity index (χ3n) is 4.24. The van der Waals surface area contributed by atoms with Gasteiger partial charge in [-0.3, -0.25) is 4.79 Å². The molecular formula is C15H27NO. The largest absolute Gasteiger partial charge is 0.311 e. The Balaban J connectivity index is 1.72. The van der Waals surface area contributed by atoms with Crippen molar-refractivity contribution in [2.45, 2.75) is 77.8 Å². The predicted octanol–water partition coefficient (Wildman–Crippen LogP) is 3.30. The second-order valence-electron chi connectivity index (χ2n) is 7.28. The van der Waals surface area contributed by atoms with E-state index in [1.54, 1.807) is 0 Å². The van der Waals surface area contributed by atoms with E-state index in [4.69, 9.17) is 0 Å². The predicted molar refractivity (Wildman–Crippen MR) is 71.0 cm³/mol. The lowest BCUT2D eigenvalue weighted by Crippen LogP contribution is -2.38. The third kappa shape index (κ3) is 4.09. The Hall–Kier alpha value is -0.370. The Labute approximate surface area is 106 Å². The van der Waals surface area contributed by atoms with E-state index in [1.807, 2.05) is 0 Å². The molecule has 2 bridgehead atoms. The lowest BCUT2D eigenvalue weighted by Gasteiger charge is -2.28. The lowest BCUT2D eigenvalue weighted by atomic mass is 9.84. The molecule has 2 aliphatic heterocycles. The molecule has 2 atom stereocenters. The molecule has 2 unspecified atom stereocenters. The normalized spacial score (nSPS) is 32.8. The molecule has 0 saturated carbocycles. The number of nitrogens with one attached hydrogen (secondary N) is 1. The smallest absolute Gasteiger partial charge is 0.133 e. The molecule has 0 amide bonds. The highest BCUT2D eigenvalue weighted by Crippen LogP contribution is 2.33. The molecule has 0 aromatic rings. The average Bonchev–Trinajstić information content (AvgIpc) is 2.54. The van der Waals surface area contributed by atoms with Gasteiger partial charge in [-0.1, -0.05) is 20.8 Å².